The van der Waals surface area contributed by atoms with Crippen LogP contribution in [0.15, 0.2) is 0 Å². The molecule has 0 amide bonds. The van der Waals surface area contributed by atoms with Gasteiger partial charge in [0.2, 0.25) is 0 Å². The van der Waals surface area contributed by atoms with Gasteiger partial charge in [-0.3, -0.25) is 0 Å². The summed E-state index contributed by atoms with van der Waals surface area (Å²) in [5.74, 6) is 3.08. The second-order valence-electron chi connectivity index (χ2n) is 5.30. The lowest BCUT2D eigenvalue weighted by Crippen LogP contribution is -1.99. The van der Waals surface area contributed by atoms with Crippen molar-refractivity contribution >= 4 is 0 Å². The van der Waals surface area contributed by atoms with E-state index >= 15 is 0 Å². The van der Waals surface area contributed by atoms with Crippen molar-refractivity contribution in [2.75, 3.05) is 0 Å². The molecule has 0 aliphatic heterocycles. The molecule has 2 atom stereocenters. The predicted molar refractivity (Wildman–Crippen MR) is 59.8 cm³/mol. The maximum atomic E-state index is 2.35. The highest BCUT2D eigenvalue weighted by Gasteiger charge is 2.23. The minimum Gasteiger partial charge on any atom is -0.0654 e. The summed E-state index contributed by atoms with van der Waals surface area (Å²) in [6.45, 7) is 7.01. The summed E-state index contributed by atoms with van der Waals surface area (Å²) in [5.41, 5.74) is 0. The van der Waals surface area contributed by atoms with Gasteiger partial charge in [0.25, 0.3) is 0 Å². The first-order chi connectivity index (χ1) is 6.22. The van der Waals surface area contributed by atoms with Crippen molar-refractivity contribution in [2.45, 2.75) is 65.7 Å². The molecule has 1 aliphatic rings. The molecule has 0 heterocycles. The van der Waals surface area contributed by atoms with Gasteiger partial charge >= 0.3 is 0 Å². The minimum atomic E-state index is 0.908. The van der Waals surface area contributed by atoms with E-state index in [9.17, 15) is 0 Å². The normalized spacial score (nSPS) is 28.6. The van der Waals surface area contributed by atoms with E-state index < -0.39 is 0 Å². The first-order valence-electron chi connectivity index (χ1n) is 6.22. The third-order valence-electron chi connectivity index (χ3n) is 3.50. The van der Waals surface area contributed by atoms with Crippen LogP contribution in [0.3, 0.4) is 0 Å². The Balaban J connectivity index is 2.10. The molecule has 1 aliphatic carbocycles. The summed E-state index contributed by atoms with van der Waals surface area (Å²) in [6, 6.07) is 0. The van der Waals surface area contributed by atoms with Crippen molar-refractivity contribution in [1.29, 1.82) is 0 Å². The van der Waals surface area contributed by atoms with Crippen LogP contribution in [0.4, 0.5) is 0 Å². The molecule has 0 bridgehead atoms. The Morgan fingerprint density at radius 3 is 2.23 bits per heavy atom. The predicted octanol–water partition coefficient (Wildman–Crippen LogP) is 4.64. The molecule has 0 heteroatoms. The van der Waals surface area contributed by atoms with Crippen molar-refractivity contribution in [3.05, 3.63) is 0 Å². The molecule has 0 N–H and O–H groups in total. The molecule has 0 radical (unpaired) electrons. The highest BCUT2D eigenvalue weighted by molar-refractivity contribution is 4.75. The lowest BCUT2D eigenvalue weighted by atomic mass is 9.94. The van der Waals surface area contributed by atoms with Crippen LogP contribution in [0, 0.1) is 17.8 Å². The van der Waals surface area contributed by atoms with E-state index in [0.29, 0.717) is 0 Å². The van der Waals surface area contributed by atoms with Crippen LogP contribution >= 0.6 is 0 Å². The summed E-state index contributed by atoms with van der Waals surface area (Å²) in [5, 5.41) is 0. The fourth-order valence-corrected chi connectivity index (χ4v) is 2.68. The number of hydrogen-bond acceptors (Lipinski definition) is 0. The Hall–Kier alpha value is 0. The van der Waals surface area contributed by atoms with Crippen LogP contribution in [0.2, 0.25) is 0 Å². The molecule has 0 spiro atoms. The molecule has 0 aromatic heterocycles. The summed E-state index contributed by atoms with van der Waals surface area (Å²) in [6.07, 6.45) is 10.4. The van der Waals surface area contributed by atoms with Gasteiger partial charge in [-0.1, -0.05) is 59.3 Å². The zero-order valence-corrected chi connectivity index (χ0v) is 9.68. The Morgan fingerprint density at radius 2 is 1.69 bits per heavy atom. The molecule has 0 aromatic rings. The Bertz CT molecular complexity index is 126. The van der Waals surface area contributed by atoms with Crippen LogP contribution in [0.25, 0.3) is 0 Å². The molecule has 13 heavy (non-hydrogen) atoms. The average Bonchev–Trinajstić information content (AvgIpc) is 2.50. The van der Waals surface area contributed by atoms with Crippen molar-refractivity contribution < 1.29 is 0 Å². The first-order valence-corrected chi connectivity index (χ1v) is 6.22. The van der Waals surface area contributed by atoms with Crippen LogP contribution in [0.5, 0.6) is 0 Å². The van der Waals surface area contributed by atoms with E-state index in [1.165, 1.54) is 38.5 Å². The second-order valence-corrected chi connectivity index (χ2v) is 5.30. The van der Waals surface area contributed by atoms with Gasteiger partial charge < -0.3 is 0 Å². The third-order valence-corrected chi connectivity index (χ3v) is 3.50. The molecule has 78 valence electrons. The van der Waals surface area contributed by atoms with Crippen molar-refractivity contribution in [2.24, 2.45) is 17.8 Å². The summed E-state index contributed by atoms with van der Waals surface area (Å²) < 4.78 is 0. The maximum Gasteiger partial charge on any atom is -0.0411 e. The molecule has 0 saturated heterocycles. The standard InChI is InChI=1S/C13H26/c1-4-5-12-8-9-13(10-12)7-6-11(2)3/h11-13H,4-10H2,1-3H3. The molecular weight excluding hydrogens is 156 g/mol. The smallest absolute Gasteiger partial charge is 0.0411 e. The lowest BCUT2D eigenvalue weighted by molar-refractivity contribution is 0.406. The van der Waals surface area contributed by atoms with Crippen LogP contribution in [0.1, 0.15) is 65.7 Å². The van der Waals surface area contributed by atoms with Gasteiger partial charge in [-0.15, -0.1) is 0 Å². The quantitative estimate of drug-likeness (QED) is 0.581. The fraction of sp³-hybridized carbons (Fsp3) is 1.00. The van der Waals surface area contributed by atoms with Crippen LogP contribution < -0.4 is 0 Å². The SMILES string of the molecule is CCCC1CCC(CCC(C)C)C1. The van der Waals surface area contributed by atoms with Gasteiger partial charge in [-0.05, 0) is 24.2 Å². The van der Waals surface area contributed by atoms with Gasteiger partial charge in [-0.25, -0.2) is 0 Å². The van der Waals surface area contributed by atoms with Gasteiger partial charge in [0, 0.05) is 0 Å². The first kappa shape index (κ1) is 11.1. The Labute approximate surface area is 84.1 Å². The zero-order valence-electron chi connectivity index (χ0n) is 9.68. The summed E-state index contributed by atoms with van der Waals surface area (Å²) >= 11 is 0. The van der Waals surface area contributed by atoms with E-state index in [0.717, 1.165) is 17.8 Å². The van der Waals surface area contributed by atoms with Gasteiger partial charge in [0.1, 0.15) is 0 Å². The second kappa shape index (κ2) is 5.67. The Morgan fingerprint density at radius 1 is 1.08 bits per heavy atom. The van der Waals surface area contributed by atoms with Crippen LogP contribution in [-0.2, 0) is 0 Å². The highest BCUT2D eigenvalue weighted by Crippen LogP contribution is 2.36. The molecule has 1 fully saturated rings. The minimum absolute atomic E-state index is 0.908. The number of hydrogen-bond donors (Lipinski definition) is 0. The monoisotopic (exact) mass is 182 g/mol. The maximum absolute atomic E-state index is 2.35. The van der Waals surface area contributed by atoms with Crippen molar-refractivity contribution in [1.82, 2.24) is 0 Å². The highest BCUT2D eigenvalue weighted by atomic mass is 14.3. The summed E-state index contributed by atoms with van der Waals surface area (Å²) in [7, 11) is 0. The van der Waals surface area contributed by atoms with E-state index in [1.807, 2.05) is 0 Å². The Kier molecular flexibility index (Phi) is 4.83. The van der Waals surface area contributed by atoms with Gasteiger partial charge in [-0.2, -0.15) is 0 Å². The molecule has 1 saturated carbocycles. The van der Waals surface area contributed by atoms with E-state index in [-0.39, 0.29) is 0 Å². The third kappa shape index (κ3) is 4.15. The molecule has 2 unspecified atom stereocenters. The average molecular weight is 182 g/mol. The fourth-order valence-electron chi connectivity index (χ4n) is 2.68. The number of rotatable bonds is 5. The van der Waals surface area contributed by atoms with E-state index in [1.54, 1.807) is 6.42 Å². The lowest BCUT2D eigenvalue weighted by Gasteiger charge is -2.11. The topological polar surface area (TPSA) is 0 Å². The van der Waals surface area contributed by atoms with Gasteiger partial charge in [0.15, 0.2) is 0 Å². The summed E-state index contributed by atoms with van der Waals surface area (Å²) in [4.78, 5) is 0. The largest absolute Gasteiger partial charge is 0.0654 e. The zero-order chi connectivity index (χ0) is 9.68. The molecular formula is C13H26. The molecule has 0 nitrogen and oxygen atoms in total. The van der Waals surface area contributed by atoms with E-state index in [2.05, 4.69) is 20.8 Å². The van der Waals surface area contributed by atoms with Crippen molar-refractivity contribution in [3.8, 4) is 0 Å². The molecule has 0 aromatic carbocycles. The van der Waals surface area contributed by atoms with Gasteiger partial charge in [0.05, 0.1) is 0 Å². The van der Waals surface area contributed by atoms with Crippen LogP contribution in [-0.4, -0.2) is 0 Å². The van der Waals surface area contributed by atoms with E-state index in [4.69, 9.17) is 0 Å². The molecule has 1 rings (SSSR count). The van der Waals surface area contributed by atoms with Crippen molar-refractivity contribution in [3.63, 3.8) is 0 Å².